The molecule has 0 aromatic heterocycles. The van der Waals surface area contributed by atoms with Gasteiger partial charge in [-0.2, -0.15) is 5.48 Å². The highest BCUT2D eigenvalue weighted by Gasteiger charge is 2.29. The quantitative estimate of drug-likeness (QED) is 0.127. The Morgan fingerprint density at radius 1 is 0.644 bits per heavy atom. The van der Waals surface area contributed by atoms with Crippen LogP contribution >= 0.6 is 0 Å². The Morgan fingerprint density at radius 3 is 1.69 bits per heavy atom. The lowest BCUT2D eigenvalue weighted by Crippen LogP contribution is -2.45. The third-order valence-electron chi connectivity index (χ3n) is 6.16. The maximum absolute atomic E-state index is 12.2. The van der Waals surface area contributed by atoms with Crippen LogP contribution in [0.1, 0.15) is 37.8 Å². The van der Waals surface area contributed by atoms with Gasteiger partial charge in [0.2, 0.25) is 23.6 Å². The standard InChI is InChI=1S/C30H38N6O9/c1-30(2,3)45-29(42)36-44-18-27(40)35-16-26(39)34-15-25(38)33-14-24(37)31-12-13-32-28(41)43-17-23-21-10-6-4-8-19(21)20-9-5-7-11-22(20)23/h4-11,23H,12-18H2,1-3H3,(H,31,37)(H,32,41)(H,33,38)(H,34,39)(H,35,40)(H,36,42). The third-order valence-corrected chi connectivity index (χ3v) is 6.16. The van der Waals surface area contributed by atoms with E-state index in [0.29, 0.717) is 0 Å². The second kappa shape index (κ2) is 16.6. The fourth-order valence-corrected chi connectivity index (χ4v) is 4.25. The minimum Gasteiger partial charge on any atom is -0.449 e. The first kappa shape index (κ1) is 34.3. The van der Waals surface area contributed by atoms with Gasteiger partial charge in [0, 0.05) is 19.0 Å². The van der Waals surface area contributed by atoms with E-state index in [2.05, 4.69) is 31.4 Å². The molecule has 0 heterocycles. The van der Waals surface area contributed by atoms with Crippen molar-refractivity contribution < 1.29 is 43.1 Å². The van der Waals surface area contributed by atoms with Crippen LogP contribution in [0.5, 0.6) is 0 Å². The number of hydrogen-bond acceptors (Lipinski definition) is 9. The Bertz CT molecular complexity index is 1350. The smallest absolute Gasteiger partial charge is 0.431 e. The molecule has 45 heavy (non-hydrogen) atoms. The van der Waals surface area contributed by atoms with Gasteiger partial charge in [0.15, 0.2) is 6.61 Å². The number of alkyl carbamates (subject to hydrolysis) is 1. The maximum Gasteiger partial charge on any atom is 0.431 e. The first-order valence-corrected chi connectivity index (χ1v) is 14.2. The maximum atomic E-state index is 12.2. The van der Waals surface area contributed by atoms with Crippen LogP contribution in [0.15, 0.2) is 48.5 Å². The van der Waals surface area contributed by atoms with Crippen molar-refractivity contribution in [3.05, 3.63) is 59.7 Å². The van der Waals surface area contributed by atoms with E-state index in [1.165, 1.54) is 0 Å². The molecular weight excluding hydrogens is 588 g/mol. The molecule has 3 rings (SSSR count). The summed E-state index contributed by atoms with van der Waals surface area (Å²) in [5.41, 5.74) is 5.64. The number of hydroxylamine groups is 1. The Hall–Kier alpha value is -5.18. The second-order valence-electron chi connectivity index (χ2n) is 10.8. The van der Waals surface area contributed by atoms with Gasteiger partial charge in [0.25, 0.3) is 0 Å². The molecule has 0 fully saturated rings. The van der Waals surface area contributed by atoms with E-state index in [0.717, 1.165) is 22.3 Å². The molecular formula is C30H38N6O9. The van der Waals surface area contributed by atoms with Crippen molar-refractivity contribution in [3.63, 3.8) is 0 Å². The predicted molar refractivity (Wildman–Crippen MR) is 160 cm³/mol. The average molecular weight is 627 g/mol. The molecule has 0 aliphatic heterocycles. The molecule has 0 saturated heterocycles. The van der Waals surface area contributed by atoms with E-state index in [-0.39, 0.29) is 32.2 Å². The molecule has 0 saturated carbocycles. The normalized spacial score (nSPS) is 11.7. The molecule has 15 heteroatoms. The summed E-state index contributed by atoms with van der Waals surface area (Å²) >= 11 is 0. The predicted octanol–water partition coefficient (Wildman–Crippen LogP) is 0.446. The van der Waals surface area contributed by atoms with Crippen LogP contribution < -0.4 is 32.1 Å². The topological polar surface area (TPSA) is 202 Å². The van der Waals surface area contributed by atoms with Gasteiger partial charge in [-0.25, -0.2) is 9.59 Å². The highest BCUT2D eigenvalue weighted by molar-refractivity contribution is 5.90. The van der Waals surface area contributed by atoms with Crippen LogP contribution in [0.3, 0.4) is 0 Å². The number of rotatable bonds is 14. The largest absolute Gasteiger partial charge is 0.449 e. The summed E-state index contributed by atoms with van der Waals surface area (Å²) in [5.74, 6) is -2.56. The number of carbonyl (C=O) groups is 6. The molecule has 1 aliphatic rings. The zero-order chi connectivity index (χ0) is 32.8. The zero-order valence-electron chi connectivity index (χ0n) is 25.3. The molecule has 0 spiro atoms. The molecule has 0 radical (unpaired) electrons. The average Bonchev–Trinajstić information content (AvgIpc) is 3.31. The number of amides is 6. The molecule has 242 valence electrons. The van der Waals surface area contributed by atoms with Crippen molar-refractivity contribution in [3.8, 4) is 11.1 Å². The van der Waals surface area contributed by atoms with Gasteiger partial charge in [-0.3, -0.25) is 24.0 Å². The summed E-state index contributed by atoms with van der Waals surface area (Å²) < 4.78 is 10.4. The summed E-state index contributed by atoms with van der Waals surface area (Å²) in [7, 11) is 0. The number of benzene rings is 2. The van der Waals surface area contributed by atoms with Crippen molar-refractivity contribution in [2.75, 3.05) is 45.9 Å². The molecule has 1 aliphatic carbocycles. The molecule has 6 N–H and O–H groups in total. The summed E-state index contributed by atoms with van der Waals surface area (Å²) in [4.78, 5) is 75.7. The van der Waals surface area contributed by atoms with Crippen molar-refractivity contribution in [1.29, 1.82) is 0 Å². The van der Waals surface area contributed by atoms with E-state index in [9.17, 15) is 28.8 Å². The van der Waals surface area contributed by atoms with Crippen LogP contribution in [-0.4, -0.2) is 87.4 Å². The summed E-state index contributed by atoms with van der Waals surface area (Å²) in [6.07, 6.45) is -1.49. The van der Waals surface area contributed by atoms with Crippen LogP contribution in [0.2, 0.25) is 0 Å². The number of hydrogen-bond donors (Lipinski definition) is 6. The van der Waals surface area contributed by atoms with Gasteiger partial charge in [0.1, 0.15) is 12.2 Å². The molecule has 15 nitrogen and oxygen atoms in total. The van der Waals surface area contributed by atoms with E-state index >= 15 is 0 Å². The fourth-order valence-electron chi connectivity index (χ4n) is 4.25. The van der Waals surface area contributed by atoms with Crippen LogP contribution in [-0.2, 0) is 33.5 Å². The van der Waals surface area contributed by atoms with Gasteiger partial charge in [0.05, 0.1) is 19.6 Å². The Kier molecular flexibility index (Phi) is 12.7. The van der Waals surface area contributed by atoms with Crippen LogP contribution in [0.4, 0.5) is 9.59 Å². The van der Waals surface area contributed by atoms with Gasteiger partial charge in [-0.15, -0.1) is 0 Å². The van der Waals surface area contributed by atoms with Crippen molar-refractivity contribution in [1.82, 2.24) is 32.1 Å². The monoisotopic (exact) mass is 626 g/mol. The number of carbonyl (C=O) groups excluding carboxylic acids is 6. The van der Waals surface area contributed by atoms with E-state index in [4.69, 9.17) is 9.47 Å². The molecule has 2 aromatic rings. The van der Waals surface area contributed by atoms with E-state index < -0.39 is 61.1 Å². The fraction of sp³-hybridized carbons (Fsp3) is 0.400. The first-order valence-electron chi connectivity index (χ1n) is 14.2. The zero-order valence-corrected chi connectivity index (χ0v) is 25.3. The Balaban J connectivity index is 1.20. The third kappa shape index (κ3) is 11.8. The number of fused-ring (bicyclic) bond motifs is 3. The van der Waals surface area contributed by atoms with Gasteiger partial charge >= 0.3 is 12.2 Å². The second-order valence-corrected chi connectivity index (χ2v) is 10.8. The van der Waals surface area contributed by atoms with Gasteiger partial charge in [-0.1, -0.05) is 48.5 Å². The highest BCUT2D eigenvalue weighted by Crippen LogP contribution is 2.44. The molecule has 6 amide bonds. The number of ether oxygens (including phenoxy) is 2. The van der Waals surface area contributed by atoms with Crippen molar-refractivity contribution in [2.45, 2.75) is 32.3 Å². The Labute approximate surface area is 260 Å². The highest BCUT2D eigenvalue weighted by atomic mass is 16.7. The van der Waals surface area contributed by atoms with E-state index in [1.54, 1.807) is 20.8 Å². The van der Waals surface area contributed by atoms with Crippen LogP contribution in [0.25, 0.3) is 11.1 Å². The van der Waals surface area contributed by atoms with Crippen molar-refractivity contribution >= 4 is 35.8 Å². The summed E-state index contributed by atoms with van der Waals surface area (Å²) in [6.45, 7) is 3.57. The lowest BCUT2D eigenvalue weighted by molar-refractivity contribution is -0.131. The summed E-state index contributed by atoms with van der Waals surface area (Å²) in [5, 5.41) is 12.0. The molecule has 0 atom stereocenters. The minimum atomic E-state index is -0.877. The lowest BCUT2D eigenvalue weighted by Gasteiger charge is -2.19. The Morgan fingerprint density at radius 2 is 1.13 bits per heavy atom. The summed E-state index contributed by atoms with van der Waals surface area (Å²) in [6, 6.07) is 16.0. The van der Waals surface area contributed by atoms with Crippen LogP contribution in [0, 0.1) is 0 Å². The molecule has 0 bridgehead atoms. The minimum absolute atomic E-state index is 0.0654. The first-order chi connectivity index (χ1) is 21.4. The van der Waals surface area contributed by atoms with E-state index in [1.807, 2.05) is 54.0 Å². The number of nitrogens with one attached hydrogen (secondary N) is 6. The molecule has 2 aromatic carbocycles. The SMILES string of the molecule is CC(C)(C)OC(=O)NOCC(=O)NCC(=O)NCC(=O)NCC(=O)NCCNC(=O)OCC1c2ccccc2-c2ccccc21. The van der Waals surface area contributed by atoms with Gasteiger partial charge < -0.3 is 36.1 Å². The molecule has 0 unspecified atom stereocenters. The van der Waals surface area contributed by atoms with Crippen molar-refractivity contribution in [2.24, 2.45) is 0 Å². The van der Waals surface area contributed by atoms with Gasteiger partial charge in [-0.05, 0) is 43.0 Å². The lowest BCUT2D eigenvalue weighted by atomic mass is 9.98.